The highest BCUT2D eigenvalue weighted by molar-refractivity contribution is 5.81. The van der Waals surface area contributed by atoms with Gasteiger partial charge < -0.3 is 10.6 Å². The molecule has 0 saturated carbocycles. The average molecular weight is 162 g/mol. The summed E-state index contributed by atoms with van der Waals surface area (Å²) in [5, 5.41) is 3.69. The van der Waals surface area contributed by atoms with Crippen molar-refractivity contribution in [2.24, 2.45) is 10.9 Å². The lowest BCUT2D eigenvalue weighted by atomic mass is 10.1. The lowest BCUT2D eigenvalue weighted by molar-refractivity contribution is 0.0857. The van der Waals surface area contributed by atoms with Gasteiger partial charge in [0.25, 0.3) is 0 Å². The molecule has 2 rings (SSSR count). The van der Waals surface area contributed by atoms with E-state index in [2.05, 4.69) is 5.16 Å². The normalized spacial score (nSPS) is 21.7. The van der Waals surface area contributed by atoms with Gasteiger partial charge >= 0.3 is 0 Å². The van der Waals surface area contributed by atoms with Crippen molar-refractivity contribution in [3.8, 4) is 0 Å². The number of nitrogens with zero attached hydrogens (tertiary/aromatic N) is 1. The Balaban J connectivity index is 2.14. The summed E-state index contributed by atoms with van der Waals surface area (Å²) in [6.07, 6.45) is 0.718. The highest BCUT2D eigenvalue weighted by atomic mass is 16.6. The molecular weight excluding hydrogens is 152 g/mol. The Morgan fingerprint density at radius 2 is 2.08 bits per heavy atom. The summed E-state index contributed by atoms with van der Waals surface area (Å²) in [6.45, 7) is 0. The van der Waals surface area contributed by atoms with Crippen LogP contribution in [0.5, 0.6) is 0 Å². The van der Waals surface area contributed by atoms with Gasteiger partial charge in [0.1, 0.15) is 5.84 Å². The Labute approximate surface area is 70.8 Å². The maximum absolute atomic E-state index is 5.49. The minimum atomic E-state index is 0.0196. The van der Waals surface area contributed by atoms with E-state index in [1.165, 1.54) is 0 Å². The van der Waals surface area contributed by atoms with Gasteiger partial charge in [0.2, 0.25) is 0 Å². The molecular formula is C9H10N2O. The van der Waals surface area contributed by atoms with Gasteiger partial charge in [-0.2, -0.15) is 0 Å². The molecule has 0 amide bonds. The molecule has 1 aliphatic heterocycles. The first-order valence-corrected chi connectivity index (χ1v) is 3.89. The molecule has 2 N–H and O–H groups in total. The van der Waals surface area contributed by atoms with E-state index in [1.54, 1.807) is 0 Å². The second-order valence-electron chi connectivity index (χ2n) is 2.79. The maximum atomic E-state index is 5.49. The van der Waals surface area contributed by atoms with Gasteiger partial charge in [0.05, 0.1) is 6.42 Å². The lowest BCUT2D eigenvalue weighted by Crippen LogP contribution is -2.08. The van der Waals surface area contributed by atoms with Crippen molar-refractivity contribution in [1.82, 2.24) is 0 Å². The van der Waals surface area contributed by atoms with Crippen molar-refractivity contribution in [2.45, 2.75) is 12.5 Å². The predicted octanol–water partition coefficient (Wildman–Crippen LogP) is 1.42. The minimum Gasteiger partial charge on any atom is -0.386 e. The number of amidine groups is 1. The predicted molar refractivity (Wildman–Crippen MR) is 46.5 cm³/mol. The van der Waals surface area contributed by atoms with Gasteiger partial charge in [0.15, 0.2) is 6.10 Å². The largest absolute Gasteiger partial charge is 0.386 e. The topological polar surface area (TPSA) is 47.6 Å². The highest BCUT2D eigenvalue weighted by Crippen LogP contribution is 2.25. The number of hydrogen-bond acceptors (Lipinski definition) is 3. The number of hydrogen-bond donors (Lipinski definition) is 1. The van der Waals surface area contributed by atoms with Gasteiger partial charge in [-0.3, -0.25) is 0 Å². The molecule has 1 aliphatic rings. The second kappa shape index (κ2) is 2.85. The summed E-state index contributed by atoms with van der Waals surface area (Å²) in [6, 6.07) is 9.96. The molecule has 1 atom stereocenters. The van der Waals surface area contributed by atoms with Crippen LogP contribution in [0.25, 0.3) is 0 Å². The Morgan fingerprint density at radius 1 is 1.33 bits per heavy atom. The number of oxime groups is 1. The molecule has 12 heavy (non-hydrogen) atoms. The number of benzene rings is 1. The lowest BCUT2D eigenvalue weighted by Gasteiger charge is -2.06. The van der Waals surface area contributed by atoms with E-state index in [1.807, 2.05) is 30.3 Å². The fourth-order valence-corrected chi connectivity index (χ4v) is 1.24. The third-order valence-corrected chi connectivity index (χ3v) is 1.86. The van der Waals surface area contributed by atoms with Crippen LogP contribution in [0.3, 0.4) is 0 Å². The van der Waals surface area contributed by atoms with E-state index in [9.17, 15) is 0 Å². The van der Waals surface area contributed by atoms with Crippen LogP contribution in [0, 0.1) is 0 Å². The van der Waals surface area contributed by atoms with Gasteiger partial charge in [0, 0.05) is 0 Å². The molecule has 0 aromatic heterocycles. The molecule has 0 fully saturated rings. The summed E-state index contributed by atoms with van der Waals surface area (Å²) in [4.78, 5) is 5.11. The number of rotatable bonds is 1. The van der Waals surface area contributed by atoms with Gasteiger partial charge in [-0.15, -0.1) is 0 Å². The van der Waals surface area contributed by atoms with Crippen molar-refractivity contribution >= 4 is 5.84 Å². The van der Waals surface area contributed by atoms with Crippen LogP contribution in [-0.2, 0) is 4.84 Å². The minimum absolute atomic E-state index is 0.0196. The average Bonchev–Trinajstić information content (AvgIpc) is 2.54. The van der Waals surface area contributed by atoms with Crippen LogP contribution >= 0.6 is 0 Å². The smallest absolute Gasteiger partial charge is 0.159 e. The summed E-state index contributed by atoms with van der Waals surface area (Å²) in [7, 11) is 0. The molecule has 1 unspecified atom stereocenters. The first-order chi connectivity index (χ1) is 5.86. The second-order valence-corrected chi connectivity index (χ2v) is 2.79. The van der Waals surface area contributed by atoms with Crippen molar-refractivity contribution in [1.29, 1.82) is 0 Å². The van der Waals surface area contributed by atoms with Crippen LogP contribution in [-0.4, -0.2) is 5.84 Å². The molecule has 3 nitrogen and oxygen atoms in total. The van der Waals surface area contributed by atoms with Gasteiger partial charge in [-0.1, -0.05) is 35.5 Å². The summed E-state index contributed by atoms with van der Waals surface area (Å²) in [5.74, 6) is 0.573. The molecule has 0 spiro atoms. The third-order valence-electron chi connectivity index (χ3n) is 1.86. The van der Waals surface area contributed by atoms with Crippen molar-refractivity contribution in [2.75, 3.05) is 0 Å². The molecule has 0 aliphatic carbocycles. The van der Waals surface area contributed by atoms with Gasteiger partial charge in [-0.05, 0) is 5.56 Å². The summed E-state index contributed by atoms with van der Waals surface area (Å²) < 4.78 is 0. The SMILES string of the molecule is NC1=NOC(c2ccccc2)C1. The van der Waals surface area contributed by atoms with Crippen molar-refractivity contribution in [3.05, 3.63) is 35.9 Å². The molecule has 0 radical (unpaired) electrons. The van der Waals surface area contributed by atoms with E-state index < -0.39 is 0 Å². The van der Waals surface area contributed by atoms with Crippen LogP contribution in [0.1, 0.15) is 18.1 Å². The number of nitrogens with two attached hydrogens (primary N) is 1. The molecule has 62 valence electrons. The summed E-state index contributed by atoms with van der Waals surface area (Å²) in [5.41, 5.74) is 6.61. The zero-order valence-corrected chi connectivity index (χ0v) is 6.60. The zero-order chi connectivity index (χ0) is 8.39. The standard InChI is InChI=1S/C9H10N2O/c10-9-6-8(12-11-9)7-4-2-1-3-5-7/h1-5,8H,6H2,(H2,10,11). The Bertz CT molecular complexity index is 295. The fraction of sp³-hybridized carbons (Fsp3) is 0.222. The van der Waals surface area contributed by atoms with E-state index >= 15 is 0 Å². The van der Waals surface area contributed by atoms with E-state index in [-0.39, 0.29) is 6.10 Å². The summed E-state index contributed by atoms with van der Waals surface area (Å²) >= 11 is 0. The zero-order valence-electron chi connectivity index (χ0n) is 6.60. The Kier molecular flexibility index (Phi) is 1.70. The molecule has 1 aromatic rings. The van der Waals surface area contributed by atoms with Gasteiger partial charge in [-0.25, -0.2) is 0 Å². The fourth-order valence-electron chi connectivity index (χ4n) is 1.24. The van der Waals surface area contributed by atoms with E-state index in [0.29, 0.717) is 12.3 Å². The molecule has 0 saturated heterocycles. The van der Waals surface area contributed by atoms with Crippen LogP contribution in [0.4, 0.5) is 0 Å². The molecule has 1 aromatic carbocycles. The van der Waals surface area contributed by atoms with Crippen LogP contribution < -0.4 is 5.73 Å². The first kappa shape index (κ1) is 7.16. The monoisotopic (exact) mass is 162 g/mol. The molecule has 0 bridgehead atoms. The first-order valence-electron chi connectivity index (χ1n) is 3.89. The Morgan fingerprint density at radius 3 is 2.67 bits per heavy atom. The van der Waals surface area contributed by atoms with Crippen LogP contribution in [0.15, 0.2) is 35.5 Å². The van der Waals surface area contributed by atoms with E-state index in [0.717, 1.165) is 5.56 Å². The molecule has 1 heterocycles. The van der Waals surface area contributed by atoms with E-state index in [4.69, 9.17) is 10.6 Å². The molecule has 3 heteroatoms. The van der Waals surface area contributed by atoms with Crippen molar-refractivity contribution < 1.29 is 4.84 Å². The quantitative estimate of drug-likeness (QED) is 0.678. The Hall–Kier alpha value is -1.51. The maximum Gasteiger partial charge on any atom is 0.159 e. The van der Waals surface area contributed by atoms with Crippen molar-refractivity contribution in [3.63, 3.8) is 0 Å². The van der Waals surface area contributed by atoms with Crippen LogP contribution in [0.2, 0.25) is 0 Å². The highest BCUT2D eigenvalue weighted by Gasteiger charge is 2.19. The third kappa shape index (κ3) is 1.25.